The van der Waals surface area contributed by atoms with Crippen molar-refractivity contribution in [1.29, 1.82) is 0 Å². The van der Waals surface area contributed by atoms with Gasteiger partial charge in [0.1, 0.15) is 12.1 Å². The molecule has 0 radical (unpaired) electrons. The van der Waals surface area contributed by atoms with Gasteiger partial charge in [-0.2, -0.15) is 0 Å². The fourth-order valence-corrected chi connectivity index (χ4v) is 3.96. The highest BCUT2D eigenvalue weighted by Crippen LogP contribution is 2.36. The van der Waals surface area contributed by atoms with E-state index in [1.807, 2.05) is 20.8 Å². The number of halogens is 1. The molecule has 2 fully saturated rings. The molecule has 148 valence electrons. The lowest BCUT2D eigenvalue weighted by atomic mass is 10.1. The molecule has 2 aliphatic rings. The van der Waals surface area contributed by atoms with E-state index in [9.17, 15) is 14.5 Å². The van der Waals surface area contributed by atoms with Crippen molar-refractivity contribution in [1.82, 2.24) is 9.97 Å². The molecule has 0 saturated carbocycles. The number of para-hydroxylation sites is 1. The zero-order valence-electron chi connectivity index (χ0n) is 15.6. The molecule has 9 heteroatoms. The van der Waals surface area contributed by atoms with Crippen molar-refractivity contribution in [3.05, 3.63) is 46.5 Å². The van der Waals surface area contributed by atoms with E-state index in [0.717, 1.165) is 32.4 Å². The van der Waals surface area contributed by atoms with Gasteiger partial charge in [0.15, 0.2) is 0 Å². The number of anilines is 3. The molecule has 3 heterocycles. The topological polar surface area (TPSA) is 78.6 Å². The zero-order valence-corrected chi connectivity index (χ0v) is 15.6. The third-order valence-corrected chi connectivity index (χ3v) is 5.39. The predicted molar refractivity (Wildman–Crippen MR) is 106 cm³/mol. The summed E-state index contributed by atoms with van der Waals surface area (Å²) in [4.78, 5) is 25.8. The van der Waals surface area contributed by atoms with Crippen molar-refractivity contribution in [3.63, 3.8) is 0 Å². The van der Waals surface area contributed by atoms with Gasteiger partial charge in [0.25, 0.3) is 0 Å². The van der Waals surface area contributed by atoms with Crippen LogP contribution in [0.4, 0.5) is 27.4 Å². The SMILES string of the molecule is O=[N+]([O-])c1c(N2CCCCC2)ncnc1N1CCN(c2ccccc2F)CC1. The maximum Gasteiger partial charge on any atom is 0.353 e. The summed E-state index contributed by atoms with van der Waals surface area (Å²) in [6, 6.07) is 6.68. The molecule has 0 unspecified atom stereocenters. The van der Waals surface area contributed by atoms with Gasteiger partial charge in [-0.15, -0.1) is 0 Å². The first-order valence-electron chi connectivity index (χ1n) is 9.64. The Hall–Kier alpha value is -2.97. The van der Waals surface area contributed by atoms with E-state index in [1.54, 1.807) is 12.1 Å². The normalized spacial score (nSPS) is 17.7. The van der Waals surface area contributed by atoms with Gasteiger partial charge in [0, 0.05) is 39.3 Å². The van der Waals surface area contributed by atoms with Crippen LogP contribution in [0.15, 0.2) is 30.6 Å². The molecule has 0 bridgehead atoms. The smallest absolute Gasteiger partial charge is 0.353 e. The summed E-state index contributed by atoms with van der Waals surface area (Å²) in [6.07, 6.45) is 4.57. The van der Waals surface area contributed by atoms with Crippen LogP contribution in [0, 0.1) is 15.9 Å². The molecule has 2 aliphatic heterocycles. The predicted octanol–water partition coefficient (Wildman–Crippen LogP) is 2.84. The average molecular weight is 386 g/mol. The van der Waals surface area contributed by atoms with Crippen molar-refractivity contribution in [3.8, 4) is 0 Å². The number of hydrogen-bond acceptors (Lipinski definition) is 7. The Balaban J connectivity index is 1.56. The minimum Gasteiger partial charge on any atom is -0.366 e. The van der Waals surface area contributed by atoms with Crippen LogP contribution in [0.25, 0.3) is 0 Å². The molecule has 0 amide bonds. The summed E-state index contributed by atoms with van der Waals surface area (Å²) in [7, 11) is 0. The fourth-order valence-electron chi connectivity index (χ4n) is 3.96. The highest BCUT2D eigenvalue weighted by Gasteiger charge is 2.32. The van der Waals surface area contributed by atoms with Crippen LogP contribution in [0.2, 0.25) is 0 Å². The summed E-state index contributed by atoms with van der Waals surface area (Å²) in [5.74, 6) is 0.511. The Bertz CT molecular complexity index is 850. The van der Waals surface area contributed by atoms with Crippen LogP contribution >= 0.6 is 0 Å². The molecule has 0 N–H and O–H groups in total. The highest BCUT2D eigenvalue weighted by molar-refractivity contribution is 5.71. The van der Waals surface area contributed by atoms with Crippen molar-refractivity contribution in [2.75, 3.05) is 54.0 Å². The molecular formula is C19H23FN6O2. The molecule has 1 aromatic carbocycles. The second-order valence-corrected chi connectivity index (χ2v) is 7.10. The number of nitro groups is 1. The van der Waals surface area contributed by atoms with E-state index >= 15 is 0 Å². The Morgan fingerprint density at radius 3 is 2.04 bits per heavy atom. The lowest BCUT2D eigenvalue weighted by Crippen LogP contribution is -2.47. The van der Waals surface area contributed by atoms with Crippen LogP contribution in [0.5, 0.6) is 0 Å². The number of piperidine rings is 1. The van der Waals surface area contributed by atoms with Gasteiger partial charge in [-0.3, -0.25) is 10.1 Å². The Morgan fingerprint density at radius 1 is 0.857 bits per heavy atom. The molecule has 4 rings (SSSR count). The lowest BCUT2D eigenvalue weighted by Gasteiger charge is -2.37. The summed E-state index contributed by atoms with van der Waals surface area (Å²) in [6.45, 7) is 3.76. The van der Waals surface area contributed by atoms with Gasteiger partial charge >= 0.3 is 5.69 Å². The quantitative estimate of drug-likeness (QED) is 0.590. The van der Waals surface area contributed by atoms with Gasteiger partial charge in [-0.25, -0.2) is 14.4 Å². The molecule has 0 aliphatic carbocycles. The van der Waals surface area contributed by atoms with Gasteiger partial charge < -0.3 is 14.7 Å². The van der Waals surface area contributed by atoms with Crippen molar-refractivity contribution < 1.29 is 9.31 Å². The molecule has 0 atom stereocenters. The molecule has 2 aromatic rings. The van der Waals surface area contributed by atoms with Gasteiger partial charge in [0.2, 0.25) is 11.6 Å². The van der Waals surface area contributed by atoms with Crippen LogP contribution < -0.4 is 14.7 Å². The van der Waals surface area contributed by atoms with Crippen LogP contribution in [-0.2, 0) is 0 Å². The maximum atomic E-state index is 14.1. The largest absolute Gasteiger partial charge is 0.366 e. The number of hydrogen-bond donors (Lipinski definition) is 0. The van der Waals surface area contributed by atoms with Crippen molar-refractivity contribution >= 4 is 23.0 Å². The molecule has 28 heavy (non-hydrogen) atoms. The summed E-state index contributed by atoms with van der Waals surface area (Å²) >= 11 is 0. The molecular weight excluding hydrogens is 363 g/mol. The van der Waals surface area contributed by atoms with E-state index in [2.05, 4.69) is 9.97 Å². The first-order valence-corrected chi connectivity index (χ1v) is 9.64. The zero-order chi connectivity index (χ0) is 19.5. The minimum absolute atomic E-state index is 0.0243. The highest BCUT2D eigenvalue weighted by atomic mass is 19.1. The monoisotopic (exact) mass is 386 g/mol. The van der Waals surface area contributed by atoms with Crippen molar-refractivity contribution in [2.24, 2.45) is 0 Å². The first-order chi connectivity index (χ1) is 13.6. The molecule has 2 saturated heterocycles. The first kappa shape index (κ1) is 18.4. The Kier molecular flexibility index (Phi) is 5.23. The van der Waals surface area contributed by atoms with Crippen molar-refractivity contribution in [2.45, 2.75) is 19.3 Å². The van der Waals surface area contributed by atoms with E-state index < -0.39 is 0 Å². The van der Waals surface area contributed by atoms with E-state index in [-0.39, 0.29) is 16.4 Å². The van der Waals surface area contributed by atoms with Gasteiger partial charge in [0.05, 0.1) is 10.6 Å². The van der Waals surface area contributed by atoms with Crippen LogP contribution in [0.1, 0.15) is 19.3 Å². The second-order valence-electron chi connectivity index (χ2n) is 7.10. The number of rotatable bonds is 4. The number of nitrogens with zero attached hydrogens (tertiary/aromatic N) is 6. The summed E-state index contributed by atoms with van der Waals surface area (Å²) < 4.78 is 14.1. The van der Waals surface area contributed by atoms with Gasteiger partial charge in [-0.05, 0) is 31.4 Å². The van der Waals surface area contributed by atoms with Crippen LogP contribution in [0.3, 0.4) is 0 Å². The molecule has 8 nitrogen and oxygen atoms in total. The second kappa shape index (κ2) is 7.95. The fraction of sp³-hybridized carbons (Fsp3) is 0.474. The molecule has 1 aromatic heterocycles. The Morgan fingerprint density at radius 2 is 1.43 bits per heavy atom. The summed E-state index contributed by atoms with van der Waals surface area (Å²) in [5, 5.41) is 11.9. The number of benzene rings is 1. The van der Waals surface area contributed by atoms with Gasteiger partial charge in [-0.1, -0.05) is 12.1 Å². The Labute approximate surface area is 162 Å². The van der Waals surface area contributed by atoms with E-state index in [0.29, 0.717) is 43.5 Å². The third-order valence-electron chi connectivity index (χ3n) is 5.39. The summed E-state index contributed by atoms with van der Waals surface area (Å²) in [5.41, 5.74) is 0.539. The number of aromatic nitrogens is 2. The minimum atomic E-state index is -0.373. The maximum absolute atomic E-state index is 14.1. The molecule has 0 spiro atoms. The average Bonchev–Trinajstić information content (AvgIpc) is 2.74. The number of piperazine rings is 1. The van der Waals surface area contributed by atoms with E-state index in [1.165, 1.54) is 12.4 Å². The standard InChI is InChI=1S/C19H23FN6O2/c20-15-6-2-3-7-16(15)23-10-12-25(13-11-23)19-17(26(27)28)18(21-14-22-19)24-8-4-1-5-9-24/h2-3,6-7,14H,1,4-5,8-13H2. The lowest BCUT2D eigenvalue weighted by molar-refractivity contribution is -0.383. The van der Waals surface area contributed by atoms with E-state index in [4.69, 9.17) is 0 Å². The van der Waals surface area contributed by atoms with Crippen LogP contribution in [-0.4, -0.2) is 54.2 Å². The third kappa shape index (κ3) is 3.56.